The number of methoxy groups -OCH3 is 1. The summed E-state index contributed by atoms with van der Waals surface area (Å²) in [4.78, 5) is 12.0. The fourth-order valence-corrected chi connectivity index (χ4v) is 2.66. The molecule has 4 nitrogen and oxygen atoms in total. The number of benzene rings is 1. The number of carbonyl (C=O) groups is 1. The molecule has 2 unspecified atom stereocenters. The molecular formula is C16H23NO3. The minimum atomic E-state index is -0.0605. The Labute approximate surface area is 120 Å². The van der Waals surface area contributed by atoms with E-state index in [0.717, 1.165) is 6.42 Å². The third kappa shape index (κ3) is 3.89. The minimum absolute atomic E-state index is 0.0313. The average Bonchev–Trinajstić information content (AvgIpc) is 2.48. The second-order valence-corrected chi connectivity index (χ2v) is 5.38. The number of amides is 1. The molecule has 0 heterocycles. The molecule has 1 N–H and O–H groups in total. The van der Waals surface area contributed by atoms with Gasteiger partial charge in [0.2, 0.25) is 0 Å². The third-order valence-electron chi connectivity index (χ3n) is 3.89. The van der Waals surface area contributed by atoms with Crippen molar-refractivity contribution in [2.45, 2.75) is 38.6 Å². The van der Waals surface area contributed by atoms with Gasteiger partial charge in [0.15, 0.2) is 18.1 Å². The summed E-state index contributed by atoms with van der Waals surface area (Å²) in [5.74, 6) is 1.74. The molecule has 110 valence electrons. The molecule has 1 fully saturated rings. The second kappa shape index (κ2) is 7.17. The summed E-state index contributed by atoms with van der Waals surface area (Å²) in [6.07, 6.45) is 4.73. The Morgan fingerprint density at radius 3 is 2.65 bits per heavy atom. The van der Waals surface area contributed by atoms with Gasteiger partial charge in [-0.3, -0.25) is 4.79 Å². The van der Waals surface area contributed by atoms with Gasteiger partial charge >= 0.3 is 0 Å². The Balaban J connectivity index is 1.82. The van der Waals surface area contributed by atoms with E-state index in [9.17, 15) is 4.79 Å². The maximum atomic E-state index is 12.0. The molecule has 4 heteroatoms. The molecule has 20 heavy (non-hydrogen) atoms. The van der Waals surface area contributed by atoms with Gasteiger partial charge in [-0.2, -0.15) is 0 Å². The Hall–Kier alpha value is -1.71. The molecule has 1 saturated carbocycles. The lowest BCUT2D eigenvalue weighted by Crippen LogP contribution is -2.43. The summed E-state index contributed by atoms with van der Waals surface area (Å²) >= 11 is 0. The van der Waals surface area contributed by atoms with Crippen LogP contribution in [0.15, 0.2) is 24.3 Å². The Morgan fingerprint density at radius 1 is 1.25 bits per heavy atom. The molecule has 2 rings (SSSR count). The largest absolute Gasteiger partial charge is 0.493 e. The summed E-state index contributed by atoms with van der Waals surface area (Å²) in [5.41, 5.74) is 0. The maximum Gasteiger partial charge on any atom is 0.258 e. The van der Waals surface area contributed by atoms with E-state index in [-0.39, 0.29) is 18.6 Å². The van der Waals surface area contributed by atoms with Crippen LogP contribution in [0.5, 0.6) is 11.5 Å². The monoisotopic (exact) mass is 277 g/mol. The van der Waals surface area contributed by atoms with Crippen LogP contribution in [0.25, 0.3) is 0 Å². The molecule has 1 aliphatic rings. The SMILES string of the molecule is COc1ccccc1OCC(=O)NC1CCCCC1C. The Kier molecular flexibility index (Phi) is 5.27. The van der Waals surface area contributed by atoms with Gasteiger partial charge in [0.1, 0.15) is 0 Å². The summed E-state index contributed by atoms with van der Waals surface area (Å²) in [6.45, 7) is 2.23. The van der Waals surface area contributed by atoms with Crippen molar-refractivity contribution in [3.05, 3.63) is 24.3 Å². The zero-order valence-electron chi connectivity index (χ0n) is 12.2. The first-order chi connectivity index (χ1) is 9.70. The number of para-hydroxylation sites is 2. The Morgan fingerprint density at radius 2 is 1.95 bits per heavy atom. The van der Waals surface area contributed by atoms with Crippen molar-refractivity contribution < 1.29 is 14.3 Å². The predicted octanol–water partition coefficient (Wildman–Crippen LogP) is 2.77. The first kappa shape index (κ1) is 14.7. The quantitative estimate of drug-likeness (QED) is 0.900. The van der Waals surface area contributed by atoms with E-state index in [1.807, 2.05) is 18.2 Å². The molecular weight excluding hydrogens is 254 g/mol. The van der Waals surface area contributed by atoms with E-state index < -0.39 is 0 Å². The highest BCUT2D eigenvalue weighted by atomic mass is 16.5. The summed E-state index contributed by atoms with van der Waals surface area (Å²) in [5, 5.41) is 3.07. The van der Waals surface area contributed by atoms with Crippen molar-refractivity contribution in [2.24, 2.45) is 5.92 Å². The molecule has 0 bridgehead atoms. The van der Waals surface area contributed by atoms with Crippen LogP contribution in [-0.4, -0.2) is 25.7 Å². The number of ether oxygens (including phenoxy) is 2. The zero-order valence-corrected chi connectivity index (χ0v) is 12.2. The lowest BCUT2D eigenvalue weighted by atomic mass is 9.86. The number of nitrogens with one attached hydrogen (secondary N) is 1. The van der Waals surface area contributed by atoms with E-state index >= 15 is 0 Å². The van der Waals surface area contributed by atoms with Gasteiger partial charge in [-0.25, -0.2) is 0 Å². The Bertz CT molecular complexity index is 447. The van der Waals surface area contributed by atoms with E-state index in [1.165, 1.54) is 19.3 Å². The number of hydrogen-bond donors (Lipinski definition) is 1. The first-order valence-corrected chi connectivity index (χ1v) is 7.26. The van der Waals surface area contributed by atoms with Crippen LogP contribution in [0.1, 0.15) is 32.6 Å². The van der Waals surface area contributed by atoms with Crippen LogP contribution < -0.4 is 14.8 Å². The third-order valence-corrected chi connectivity index (χ3v) is 3.89. The van der Waals surface area contributed by atoms with E-state index in [0.29, 0.717) is 17.4 Å². The molecule has 0 aliphatic heterocycles. The second-order valence-electron chi connectivity index (χ2n) is 5.38. The van der Waals surface area contributed by atoms with Gasteiger partial charge in [0, 0.05) is 6.04 Å². The minimum Gasteiger partial charge on any atom is -0.493 e. The number of rotatable bonds is 5. The maximum absolute atomic E-state index is 12.0. The normalized spacial score (nSPS) is 22.1. The van der Waals surface area contributed by atoms with Crippen molar-refractivity contribution in [3.63, 3.8) is 0 Å². The lowest BCUT2D eigenvalue weighted by molar-refractivity contribution is -0.124. The van der Waals surface area contributed by atoms with Gasteiger partial charge in [-0.05, 0) is 30.9 Å². The van der Waals surface area contributed by atoms with Crippen molar-refractivity contribution in [1.82, 2.24) is 5.32 Å². The van der Waals surface area contributed by atoms with Gasteiger partial charge in [0.05, 0.1) is 7.11 Å². The molecule has 1 aromatic rings. The fraction of sp³-hybridized carbons (Fsp3) is 0.562. The van der Waals surface area contributed by atoms with Gasteiger partial charge in [-0.15, -0.1) is 0 Å². The van der Waals surface area contributed by atoms with Gasteiger partial charge in [-0.1, -0.05) is 31.9 Å². The molecule has 0 aromatic heterocycles. The predicted molar refractivity (Wildman–Crippen MR) is 78.1 cm³/mol. The molecule has 0 saturated heterocycles. The van der Waals surface area contributed by atoms with E-state index in [2.05, 4.69) is 12.2 Å². The van der Waals surface area contributed by atoms with Crippen LogP contribution in [0.3, 0.4) is 0 Å². The lowest BCUT2D eigenvalue weighted by Gasteiger charge is -2.29. The van der Waals surface area contributed by atoms with Crippen LogP contribution in [0.4, 0.5) is 0 Å². The standard InChI is InChI=1S/C16H23NO3/c1-12-7-3-4-8-13(12)17-16(18)11-20-15-10-6-5-9-14(15)19-2/h5-6,9-10,12-13H,3-4,7-8,11H2,1-2H3,(H,17,18). The van der Waals surface area contributed by atoms with Crippen molar-refractivity contribution in [1.29, 1.82) is 0 Å². The first-order valence-electron chi connectivity index (χ1n) is 7.26. The number of carbonyl (C=O) groups excluding carboxylic acids is 1. The van der Waals surface area contributed by atoms with E-state index in [1.54, 1.807) is 13.2 Å². The van der Waals surface area contributed by atoms with Crippen molar-refractivity contribution in [3.8, 4) is 11.5 Å². The smallest absolute Gasteiger partial charge is 0.258 e. The zero-order chi connectivity index (χ0) is 14.4. The van der Waals surface area contributed by atoms with Crippen molar-refractivity contribution >= 4 is 5.91 Å². The van der Waals surface area contributed by atoms with Crippen LogP contribution in [-0.2, 0) is 4.79 Å². The highest BCUT2D eigenvalue weighted by Gasteiger charge is 2.22. The molecule has 1 amide bonds. The van der Waals surface area contributed by atoms with Gasteiger partial charge < -0.3 is 14.8 Å². The number of hydrogen-bond acceptors (Lipinski definition) is 3. The van der Waals surface area contributed by atoms with Crippen LogP contribution >= 0.6 is 0 Å². The fourth-order valence-electron chi connectivity index (χ4n) is 2.66. The summed E-state index contributed by atoms with van der Waals surface area (Å²) in [7, 11) is 1.59. The molecule has 0 spiro atoms. The average molecular weight is 277 g/mol. The summed E-state index contributed by atoms with van der Waals surface area (Å²) < 4.78 is 10.7. The highest BCUT2D eigenvalue weighted by molar-refractivity contribution is 5.78. The van der Waals surface area contributed by atoms with Gasteiger partial charge in [0.25, 0.3) is 5.91 Å². The van der Waals surface area contributed by atoms with Crippen molar-refractivity contribution in [2.75, 3.05) is 13.7 Å². The molecule has 1 aromatic carbocycles. The topological polar surface area (TPSA) is 47.6 Å². The van der Waals surface area contributed by atoms with Crippen LogP contribution in [0, 0.1) is 5.92 Å². The van der Waals surface area contributed by atoms with E-state index in [4.69, 9.17) is 9.47 Å². The highest BCUT2D eigenvalue weighted by Crippen LogP contribution is 2.26. The van der Waals surface area contributed by atoms with Crippen LogP contribution in [0.2, 0.25) is 0 Å². The molecule has 2 atom stereocenters. The summed E-state index contributed by atoms with van der Waals surface area (Å²) in [6, 6.07) is 7.64. The molecule has 0 radical (unpaired) electrons. The molecule has 1 aliphatic carbocycles.